The SMILES string of the molecule is COc1cccc(CSC2=NNC3C4CC(c5ccc(C)c(C)c5)NN4C=CN23)c1. The highest BCUT2D eigenvalue weighted by molar-refractivity contribution is 8.13. The Morgan fingerprint density at radius 1 is 1.13 bits per heavy atom. The van der Waals surface area contributed by atoms with Gasteiger partial charge in [0, 0.05) is 18.2 Å². The number of hydrazine groups is 1. The van der Waals surface area contributed by atoms with Gasteiger partial charge in [0.05, 0.1) is 19.2 Å². The van der Waals surface area contributed by atoms with E-state index >= 15 is 0 Å². The fourth-order valence-corrected chi connectivity index (χ4v) is 5.17. The van der Waals surface area contributed by atoms with Gasteiger partial charge in [-0.25, -0.2) is 5.43 Å². The molecule has 0 aromatic heterocycles. The maximum absolute atomic E-state index is 5.33. The number of hydrogen-bond donors (Lipinski definition) is 2. The average Bonchev–Trinajstić information content (AvgIpc) is 3.38. The van der Waals surface area contributed by atoms with Crippen LogP contribution in [0.3, 0.4) is 0 Å². The van der Waals surface area contributed by atoms with Crippen molar-refractivity contribution in [2.75, 3.05) is 7.11 Å². The third-order valence-corrected chi connectivity index (χ3v) is 7.18. The van der Waals surface area contributed by atoms with Crippen LogP contribution in [0.15, 0.2) is 60.0 Å². The van der Waals surface area contributed by atoms with Crippen LogP contribution >= 0.6 is 11.8 Å². The smallest absolute Gasteiger partial charge is 0.189 e. The standard InChI is InChI=1S/C23H27N5OS/c1-15-7-8-18(11-16(15)2)20-13-21-22-24-25-23(27(22)9-10-28(21)26-20)30-14-17-5-4-6-19(12-17)29-3/h4-12,20-22,24,26H,13-14H2,1-3H3. The number of amidine groups is 1. The fraction of sp³-hybridized carbons (Fsp3) is 0.348. The molecule has 2 aromatic carbocycles. The number of nitrogens with zero attached hydrogens (tertiary/aromatic N) is 3. The first-order valence-electron chi connectivity index (χ1n) is 10.3. The van der Waals surface area contributed by atoms with E-state index in [1.54, 1.807) is 18.9 Å². The maximum atomic E-state index is 5.33. The van der Waals surface area contributed by atoms with Crippen LogP contribution in [0.4, 0.5) is 0 Å². The van der Waals surface area contributed by atoms with Crippen LogP contribution in [0.1, 0.15) is 34.7 Å². The van der Waals surface area contributed by atoms with Gasteiger partial charge in [-0.3, -0.25) is 5.43 Å². The van der Waals surface area contributed by atoms with Crippen LogP contribution in [-0.2, 0) is 5.75 Å². The minimum atomic E-state index is 0.145. The summed E-state index contributed by atoms with van der Waals surface area (Å²) in [5.41, 5.74) is 12.3. The summed E-state index contributed by atoms with van der Waals surface area (Å²) >= 11 is 1.74. The number of aryl methyl sites for hydroxylation is 2. The van der Waals surface area contributed by atoms with E-state index in [9.17, 15) is 0 Å². The molecule has 0 aliphatic carbocycles. The van der Waals surface area contributed by atoms with Gasteiger partial charge in [0.25, 0.3) is 0 Å². The summed E-state index contributed by atoms with van der Waals surface area (Å²) in [5, 5.41) is 7.88. The van der Waals surface area contributed by atoms with Crippen molar-refractivity contribution in [3.63, 3.8) is 0 Å². The van der Waals surface area contributed by atoms with Crippen molar-refractivity contribution in [2.24, 2.45) is 5.10 Å². The predicted octanol–water partition coefficient (Wildman–Crippen LogP) is 3.85. The molecule has 6 nitrogen and oxygen atoms in total. The van der Waals surface area contributed by atoms with Crippen molar-refractivity contribution < 1.29 is 4.74 Å². The first-order chi connectivity index (χ1) is 14.6. The van der Waals surface area contributed by atoms with Crippen LogP contribution in [0.5, 0.6) is 5.75 Å². The summed E-state index contributed by atoms with van der Waals surface area (Å²) in [6, 6.07) is 15.6. The summed E-state index contributed by atoms with van der Waals surface area (Å²) in [6.45, 7) is 4.34. The molecule has 3 heterocycles. The highest BCUT2D eigenvalue weighted by Gasteiger charge is 2.44. The van der Waals surface area contributed by atoms with Crippen LogP contribution < -0.4 is 15.6 Å². The molecule has 7 heteroatoms. The second kappa shape index (κ2) is 7.89. The quantitative estimate of drug-likeness (QED) is 0.782. The lowest BCUT2D eigenvalue weighted by Crippen LogP contribution is -2.54. The Bertz CT molecular complexity index is 1010. The zero-order valence-corrected chi connectivity index (χ0v) is 18.3. The Balaban J connectivity index is 1.25. The molecule has 3 unspecified atom stereocenters. The van der Waals surface area contributed by atoms with E-state index in [0.717, 1.165) is 23.1 Å². The molecule has 0 amide bonds. The van der Waals surface area contributed by atoms with Crippen molar-refractivity contribution in [3.8, 4) is 5.75 Å². The summed E-state index contributed by atoms with van der Waals surface area (Å²) in [6.07, 6.45) is 5.43. The van der Waals surface area contributed by atoms with Crippen molar-refractivity contribution in [1.82, 2.24) is 20.8 Å². The normalized spacial score (nSPS) is 24.4. The minimum absolute atomic E-state index is 0.145. The molecular formula is C23H27N5OS. The van der Waals surface area contributed by atoms with Gasteiger partial charge in [0.2, 0.25) is 0 Å². The largest absolute Gasteiger partial charge is 0.497 e. The zero-order valence-electron chi connectivity index (χ0n) is 17.5. The number of fused-ring (bicyclic) bond motifs is 3. The molecule has 2 aromatic rings. The molecule has 0 saturated carbocycles. The predicted molar refractivity (Wildman–Crippen MR) is 122 cm³/mol. The first kappa shape index (κ1) is 19.3. The van der Waals surface area contributed by atoms with Crippen molar-refractivity contribution in [1.29, 1.82) is 0 Å². The van der Waals surface area contributed by atoms with Crippen LogP contribution in [0.2, 0.25) is 0 Å². The van der Waals surface area contributed by atoms with E-state index in [4.69, 9.17) is 4.74 Å². The number of methoxy groups -OCH3 is 1. The van der Waals surface area contributed by atoms with Crippen LogP contribution in [-0.4, -0.2) is 34.4 Å². The Morgan fingerprint density at radius 3 is 2.87 bits per heavy atom. The van der Waals surface area contributed by atoms with E-state index in [1.807, 2.05) is 12.1 Å². The number of hydrazone groups is 1. The topological polar surface area (TPSA) is 52.1 Å². The van der Waals surface area contributed by atoms with Gasteiger partial charge >= 0.3 is 0 Å². The molecule has 3 aliphatic heterocycles. The molecule has 1 fully saturated rings. The van der Waals surface area contributed by atoms with Gasteiger partial charge in [-0.2, -0.15) is 5.10 Å². The molecular weight excluding hydrogens is 394 g/mol. The van der Waals surface area contributed by atoms with Crippen molar-refractivity contribution >= 4 is 16.9 Å². The van der Waals surface area contributed by atoms with E-state index < -0.39 is 0 Å². The molecule has 0 spiro atoms. The third-order valence-electron chi connectivity index (χ3n) is 6.14. The summed E-state index contributed by atoms with van der Waals surface area (Å²) in [5.74, 6) is 1.74. The first-order valence-corrected chi connectivity index (χ1v) is 11.3. The monoisotopic (exact) mass is 421 g/mol. The highest BCUT2D eigenvalue weighted by Crippen LogP contribution is 2.36. The Hall–Kier alpha value is -2.64. The second-order valence-electron chi connectivity index (χ2n) is 8.05. The minimum Gasteiger partial charge on any atom is -0.497 e. The summed E-state index contributed by atoms with van der Waals surface area (Å²) < 4.78 is 5.33. The van der Waals surface area contributed by atoms with E-state index in [2.05, 4.69) is 82.4 Å². The average molecular weight is 422 g/mol. The van der Waals surface area contributed by atoms with E-state index in [0.29, 0.717) is 12.1 Å². The summed E-state index contributed by atoms with van der Waals surface area (Å²) in [7, 11) is 1.70. The lowest BCUT2D eigenvalue weighted by atomic mass is 9.97. The highest BCUT2D eigenvalue weighted by atomic mass is 32.2. The molecule has 0 bridgehead atoms. The molecule has 3 atom stereocenters. The second-order valence-corrected chi connectivity index (χ2v) is 8.99. The van der Waals surface area contributed by atoms with E-state index in [1.165, 1.54) is 22.3 Å². The molecule has 30 heavy (non-hydrogen) atoms. The molecule has 156 valence electrons. The van der Waals surface area contributed by atoms with Gasteiger partial charge < -0.3 is 14.6 Å². The zero-order chi connectivity index (χ0) is 20.7. The van der Waals surface area contributed by atoms with Crippen LogP contribution in [0.25, 0.3) is 0 Å². The van der Waals surface area contributed by atoms with Crippen molar-refractivity contribution in [3.05, 3.63) is 77.1 Å². The van der Waals surface area contributed by atoms with Gasteiger partial charge in [0.1, 0.15) is 11.9 Å². The van der Waals surface area contributed by atoms with Gasteiger partial charge in [0.15, 0.2) is 5.17 Å². The maximum Gasteiger partial charge on any atom is 0.189 e. The Labute approximate surface area is 181 Å². The molecule has 3 aliphatic rings. The lowest BCUT2D eigenvalue weighted by molar-refractivity contribution is 0.152. The number of benzene rings is 2. The van der Waals surface area contributed by atoms with Crippen LogP contribution in [0, 0.1) is 13.8 Å². The molecule has 2 N–H and O–H groups in total. The summed E-state index contributed by atoms with van der Waals surface area (Å²) in [4.78, 5) is 2.26. The number of nitrogens with one attached hydrogen (secondary N) is 2. The number of thioether (sulfide) groups is 1. The van der Waals surface area contributed by atoms with Gasteiger partial charge in [-0.05, 0) is 54.7 Å². The van der Waals surface area contributed by atoms with Gasteiger partial charge in [-0.1, -0.05) is 42.1 Å². The Morgan fingerprint density at radius 2 is 2.03 bits per heavy atom. The number of ether oxygens (including phenoxy) is 1. The molecule has 5 rings (SSSR count). The van der Waals surface area contributed by atoms with Gasteiger partial charge in [-0.15, -0.1) is 0 Å². The van der Waals surface area contributed by atoms with E-state index in [-0.39, 0.29) is 6.17 Å². The number of hydrogen-bond acceptors (Lipinski definition) is 7. The fourth-order valence-electron chi connectivity index (χ4n) is 4.26. The molecule has 1 saturated heterocycles. The lowest BCUT2D eigenvalue weighted by Gasteiger charge is -2.36. The Kier molecular flexibility index (Phi) is 5.08. The van der Waals surface area contributed by atoms with Crippen molar-refractivity contribution in [2.45, 2.75) is 44.3 Å². The number of rotatable bonds is 4. The third kappa shape index (κ3) is 3.52. The molecule has 0 radical (unpaired) electrons.